The maximum absolute atomic E-state index is 5.36. The lowest BCUT2D eigenvalue weighted by Gasteiger charge is -2.30. The molecule has 0 atom stereocenters. The third-order valence-corrected chi connectivity index (χ3v) is 13.1. The van der Waals surface area contributed by atoms with Gasteiger partial charge in [-0.25, -0.2) is 4.98 Å². The lowest BCUT2D eigenvalue weighted by atomic mass is 9.70. The first kappa shape index (κ1) is 34.6. The van der Waals surface area contributed by atoms with Gasteiger partial charge in [0.1, 0.15) is 0 Å². The molecule has 13 rings (SSSR count). The smallest absolute Gasteiger partial charge is 0.238 e. The molecule has 9 aromatic carbocycles. The lowest BCUT2D eigenvalue weighted by Crippen LogP contribution is -2.25. The summed E-state index contributed by atoms with van der Waals surface area (Å²) in [5.41, 5.74) is 18.5. The third kappa shape index (κ3) is 4.92. The summed E-state index contributed by atoms with van der Waals surface area (Å²) in [6.07, 6.45) is 0. The molecular formula is C58H36N4. The van der Waals surface area contributed by atoms with Gasteiger partial charge in [-0.2, -0.15) is 9.97 Å². The van der Waals surface area contributed by atoms with E-state index in [9.17, 15) is 0 Å². The van der Waals surface area contributed by atoms with Crippen molar-refractivity contribution in [1.82, 2.24) is 19.5 Å². The van der Waals surface area contributed by atoms with E-state index in [2.05, 4.69) is 199 Å². The van der Waals surface area contributed by atoms with Crippen molar-refractivity contribution in [3.63, 3.8) is 0 Å². The molecule has 288 valence electrons. The second kappa shape index (κ2) is 13.4. The average Bonchev–Trinajstić information content (AvgIpc) is 3.96. The fourth-order valence-corrected chi connectivity index (χ4v) is 10.5. The number of nitrogens with zero attached hydrogens (tertiary/aromatic N) is 4. The van der Waals surface area contributed by atoms with Crippen LogP contribution in [-0.4, -0.2) is 19.5 Å². The molecule has 0 N–H and O–H groups in total. The largest absolute Gasteiger partial charge is 0.277 e. The normalized spacial score (nSPS) is 13.0. The van der Waals surface area contributed by atoms with E-state index in [0.29, 0.717) is 17.6 Å². The molecule has 2 aliphatic rings. The lowest BCUT2D eigenvalue weighted by molar-refractivity contribution is 0.794. The molecule has 0 aliphatic heterocycles. The first-order chi connectivity index (χ1) is 30.8. The van der Waals surface area contributed by atoms with E-state index in [1.807, 2.05) is 24.3 Å². The van der Waals surface area contributed by atoms with Crippen LogP contribution in [0.3, 0.4) is 0 Å². The van der Waals surface area contributed by atoms with Crippen molar-refractivity contribution in [3.8, 4) is 73.2 Å². The van der Waals surface area contributed by atoms with Gasteiger partial charge >= 0.3 is 0 Å². The topological polar surface area (TPSA) is 43.6 Å². The molecule has 0 bridgehead atoms. The summed E-state index contributed by atoms with van der Waals surface area (Å²) in [4.78, 5) is 15.8. The Morgan fingerprint density at radius 1 is 0.306 bits per heavy atom. The van der Waals surface area contributed by atoms with Crippen LogP contribution >= 0.6 is 0 Å². The van der Waals surface area contributed by atoms with Crippen LogP contribution in [0.2, 0.25) is 0 Å². The number of benzene rings is 9. The highest BCUT2D eigenvalue weighted by Gasteiger charge is 2.51. The zero-order chi connectivity index (χ0) is 40.8. The van der Waals surface area contributed by atoms with Gasteiger partial charge in [0, 0.05) is 27.5 Å². The molecule has 62 heavy (non-hydrogen) atoms. The molecule has 2 aromatic heterocycles. The van der Waals surface area contributed by atoms with Crippen LogP contribution in [-0.2, 0) is 5.41 Å². The van der Waals surface area contributed by atoms with E-state index in [4.69, 9.17) is 15.0 Å². The number of para-hydroxylation sites is 2. The molecule has 0 radical (unpaired) electrons. The minimum absolute atomic E-state index is 0.397. The van der Waals surface area contributed by atoms with E-state index < -0.39 is 5.41 Å². The first-order valence-corrected chi connectivity index (χ1v) is 21.2. The Balaban J connectivity index is 1.06. The summed E-state index contributed by atoms with van der Waals surface area (Å²) in [5.74, 6) is 1.81. The molecule has 0 unspecified atom stereocenters. The summed E-state index contributed by atoms with van der Waals surface area (Å²) in [7, 11) is 0. The minimum Gasteiger partial charge on any atom is -0.277 e. The summed E-state index contributed by atoms with van der Waals surface area (Å²) in [6.45, 7) is 0. The Labute approximate surface area is 359 Å². The zero-order valence-electron chi connectivity index (χ0n) is 33.6. The van der Waals surface area contributed by atoms with Gasteiger partial charge in [-0.15, -0.1) is 0 Å². The van der Waals surface area contributed by atoms with Gasteiger partial charge < -0.3 is 0 Å². The van der Waals surface area contributed by atoms with E-state index in [1.165, 1.54) is 44.5 Å². The van der Waals surface area contributed by atoms with Gasteiger partial charge in [-0.05, 0) is 79.4 Å². The van der Waals surface area contributed by atoms with Crippen molar-refractivity contribution in [2.45, 2.75) is 5.41 Å². The number of rotatable bonds is 5. The van der Waals surface area contributed by atoms with E-state index in [0.717, 1.165) is 55.2 Å². The molecule has 0 fully saturated rings. The molecule has 2 heterocycles. The Morgan fingerprint density at radius 2 is 0.806 bits per heavy atom. The molecule has 4 nitrogen and oxygen atoms in total. The number of aromatic nitrogens is 4. The van der Waals surface area contributed by atoms with Gasteiger partial charge in [0.15, 0.2) is 11.6 Å². The van der Waals surface area contributed by atoms with Crippen LogP contribution in [0, 0.1) is 0 Å². The highest BCUT2D eigenvalue weighted by Crippen LogP contribution is 2.63. The molecule has 11 aromatic rings. The monoisotopic (exact) mass is 788 g/mol. The van der Waals surface area contributed by atoms with Crippen LogP contribution in [0.25, 0.3) is 95.0 Å². The first-order valence-electron chi connectivity index (χ1n) is 21.2. The van der Waals surface area contributed by atoms with Gasteiger partial charge in [-0.1, -0.05) is 200 Å². The van der Waals surface area contributed by atoms with Gasteiger partial charge in [-0.3, -0.25) is 4.57 Å². The summed E-state index contributed by atoms with van der Waals surface area (Å²) in [5, 5.41) is 2.28. The van der Waals surface area contributed by atoms with Gasteiger partial charge in [0.25, 0.3) is 0 Å². The van der Waals surface area contributed by atoms with Crippen molar-refractivity contribution in [2.24, 2.45) is 0 Å². The predicted molar refractivity (Wildman–Crippen MR) is 252 cm³/mol. The Kier molecular flexibility index (Phi) is 7.49. The molecule has 1 spiro atoms. The van der Waals surface area contributed by atoms with E-state index in [-0.39, 0.29) is 0 Å². The van der Waals surface area contributed by atoms with Crippen LogP contribution in [0.1, 0.15) is 22.3 Å². The maximum atomic E-state index is 5.36. The standard InChI is InChI=1S/C58H36N4/c1-3-17-37(18-4-1)39-21-15-22-41(35-39)56-59-55(38-19-5-2-6-20-38)60-57(61-56)62-53-32-14-10-26-46(53)47-28-16-27-42(54(47)62)40-33-34-52-48(36-40)45-25-9-13-31-51(45)58(52)49-29-11-7-23-43(49)44-24-8-12-30-50(44)58/h1-36H. The molecule has 2 aliphatic carbocycles. The maximum Gasteiger partial charge on any atom is 0.238 e. The Morgan fingerprint density at radius 3 is 1.52 bits per heavy atom. The van der Waals surface area contributed by atoms with Crippen molar-refractivity contribution in [1.29, 1.82) is 0 Å². The Bertz CT molecular complexity index is 3540. The average molecular weight is 789 g/mol. The van der Waals surface area contributed by atoms with Crippen LogP contribution in [0.5, 0.6) is 0 Å². The minimum atomic E-state index is -0.397. The van der Waals surface area contributed by atoms with Crippen molar-refractivity contribution in [3.05, 3.63) is 241 Å². The second-order valence-corrected chi connectivity index (χ2v) is 16.3. The fourth-order valence-electron chi connectivity index (χ4n) is 10.5. The van der Waals surface area contributed by atoms with Crippen LogP contribution in [0.15, 0.2) is 218 Å². The zero-order valence-corrected chi connectivity index (χ0v) is 33.6. The molecule has 4 heteroatoms. The van der Waals surface area contributed by atoms with Crippen LogP contribution < -0.4 is 0 Å². The van der Waals surface area contributed by atoms with Crippen molar-refractivity contribution in [2.75, 3.05) is 0 Å². The number of hydrogen-bond acceptors (Lipinski definition) is 3. The summed E-state index contributed by atoms with van der Waals surface area (Å²) < 4.78 is 2.25. The highest BCUT2D eigenvalue weighted by molar-refractivity contribution is 6.14. The van der Waals surface area contributed by atoms with E-state index >= 15 is 0 Å². The van der Waals surface area contributed by atoms with Crippen LogP contribution in [0.4, 0.5) is 0 Å². The fraction of sp³-hybridized carbons (Fsp3) is 0.0172. The summed E-state index contributed by atoms with van der Waals surface area (Å²) in [6, 6.07) is 78.5. The summed E-state index contributed by atoms with van der Waals surface area (Å²) >= 11 is 0. The molecule has 0 saturated heterocycles. The number of fused-ring (bicyclic) bond motifs is 13. The molecular weight excluding hydrogens is 753 g/mol. The second-order valence-electron chi connectivity index (χ2n) is 16.3. The van der Waals surface area contributed by atoms with Crippen molar-refractivity contribution < 1.29 is 0 Å². The highest BCUT2D eigenvalue weighted by atomic mass is 15.2. The number of hydrogen-bond donors (Lipinski definition) is 0. The quantitative estimate of drug-likeness (QED) is 0.174. The Hall–Kier alpha value is -8.21. The molecule has 0 saturated carbocycles. The third-order valence-electron chi connectivity index (χ3n) is 13.1. The molecule has 0 amide bonds. The van der Waals surface area contributed by atoms with Gasteiger partial charge in [0.05, 0.1) is 16.4 Å². The predicted octanol–water partition coefficient (Wildman–Crippen LogP) is 14.0. The van der Waals surface area contributed by atoms with E-state index in [1.54, 1.807) is 0 Å². The SMILES string of the molecule is c1ccc(-c2cccc(-c3nc(-c4ccccc4)nc(-n4c5ccccc5c5cccc(-c6ccc7c(c6)-c6ccccc6C76c7ccccc7-c7ccccc76)c54)n3)c2)cc1. The van der Waals surface area contributed by atoms with Gasteiger partial charge in [0.2, 0.25) is 5.95 Å². The van der Waals surface area contributed by atoms with Crippen molar-refractivity contribution >= 4 is 21.8 Å².